The molecule has 2 atom stereocenters. The summed E-state index contributed by atoms with van der Waals surface area (Å²) in [5.74, 6) is -1.06. The van der Waals surface area contributed by atoms with E-state index >= 15 is 0 Å². The fourth-order valence-corrected chi connectivity index (χ4v) is 2.44. The van der Waals surface area contributed by atoms with Gasteiger partial charge in [0.2, 0.25) is 0 Å². The Kier molecular flexibility index (Phi) is 5.28. The molecule has 1 fully saturated rings. The van der Waals surface area contributed by atoms with Gasteiger partial charge in [0.15, 0.2) is 0 Å². The average molecular weight is 269 g/mol. The Morgan fingerprint density at radius 1 is 1.26 bits per heavy atom. The van der Waals surface area contributed by atoms with Crippen molar-refractivity contribution < 1.29 is 13.5 Å². The molecule has 0 amide bonds. The minimum atomic E-state index is -0.528. The molecule has 1 aliphatic heterocycles. The summed E-state index contributed by atoms with van der Waals surface area (Å²) in [6, 6.07) is 3.58. The van der Waals surface area contributed by atoms with Gasteiger partial charge in [-0.3, -0.25) is 0 Å². The molecule has 1 saturated heterocycles. The molecule has 0 spiro atoms. The number of hydrogen-bond donors (Lipinski definition) is 1. The molecule has 4 heteroatoms. The third-order valence-electron chi connectivity index (χ3n) is 3.58. The normalized spacial score (nSPS) is 21.3. The third kappa shape index (κ3) is 4.55. The van der Waals surface area contributed by atoms with Crippen LogP contribution >= 0.6 is 0 Å². The van der Waals surface area contributed by atoms with Crippen molar-refractivity contribution in [3.63, 3.8) is 0 Å². The summed E-state index contributed by atoms with van der Waals surface area (Å²) in [6.07, 6.45) is 4.78. The quantitative estimate of drug-likeness (QED) is 0.882. The molecular formula is C15H21F2NO. The largest absolute Gasteiger partial charge is 0.378 e. The summed E-state index contributed by atoms with van der Waals surface area (Å²) in [5, 5.41) is 3.29. The number of halogens is 2. The van der Waals surface area contributed by atoms with Gasteiger partial charge in [0, 0.05) is 18.7 Å². The Morgan fingerprint density at radius 3 is 2.63 bits per heavy atom. The molecule has 106 valence electrons. The lowest BCUT2D eigenvalue weighted by Gasteiger charge is -2.23. The van der Waals surface area contributed by atoms with Crippen molar-refractivity contribution in [2.45, 2.75) is 44.8 Å². The fourth-order valence-electron chi connectivity index (χ4n) is 2.44. The maximum absolute atomic E-state index is 13.1. The van der Waals surface area contributed by atoms with Gasteiger partial charge in [0.25, 0.3) is 0 Å². The van der Waals surface area contributed by atoms with Crippen molar-refractivity contribution in [2.75, 3.05) is 13.2 Å². The van der Waals surface area contributed by atoms with E-state index in [0.29, 0.717) is 11.7 Å². The molecule has 0 aromatic heterocycles. The number of rotatable bonds is 5. The van der Waals surface area contributed by atoms with Crippen LogP contribution in [0.1, 0.15) is 44.2 Å². The van der Waals surface area contributed by atoms with E-state index in [-0.39, 0.29) is 6.04 Å². The van der Waals surface area contributed by atoms with E-state index in [1.807, 2.05) is 6.92 Å². The number of ether oxygens (including phenoxy) is 1. The van der Waals surface area contributed by atoms with Gasteiger partial charge in [-0.1, -0.05) is 0 Å². The second-order valence-electron chi connectivity index (χ2n) is 5.16. The van der Waals surface area contributed by atoms with E-state index < -0.39 is 11.6 Å². The van der Waals surface area contributed by atoms with Gasteiger partial charge in [-0.05, 0) is 56.8 Å². The summed E-state index contributed by atoms with van der Waals surface area (Å²) >= 11 is 0. The molecule has 1 N–H and O–H groups in total. The van der Waals surface area contributed by atoms with Crippen LogP contribution in [0, 0.1) is 11.6 Å². The van der Waals surface area contributed by atoms with E-state index in [4.69, 9.17) is 4.74 Å². The second kappa shape index (κ2) is 6.96. The first kappa shape index (κ1) is 14.4. The monoisotopic (exact) mass is 269 g/mol. The zero-order valence-corrected chi connectivity index (χ0v) is 11.3. The van der Waals surface area contributed by atoms with E-state index in [2.05, 4.69) is 5.32 Å². The molecule has 2 rings (SSSR count). The highest BCUT2D eigenvalue weighted by molar-refractivity contribution is 5.20. The minimum Gasteiger partial charge on any atom is -0.378 e. The van der Waals surface area contributed by atoms with E-state index in [1.165, 1.54) is 18.6 Å². The van der Waals surface area contributed by atoms with Gasteiger partial charge in [-0.25, -0.2) is 8.78 Å². The van der Waals surface area contributed by atoms with Crippen LogP contribution in [0.2, 0.25) is 0 Å². The first-order valence-corrected chi connectivity index (χ1v) is 6.96. The summed E-state index contributed by atoms with van der Waals surface area (Å²) in [7, 11) is 0. The molecule has 0 aliphatic carbocycles. The van der Waals surface area contributed by atoms with Crippen molar-refractivity contribution in [3.8, 4) is 0 Å². The van der Waals surface area contributed by atoms with Gasteiger partial charge in [0.05, 0.1) is 6.10 Å². The number of hydrogen-bond acceptors (Lipinski definition) is 2. The van der Waals surface area contributed by atoms with E-state index in [1.54, 1.807) is 0 Å². The van der Waals surface area contributed by atoms with Crippen LogP contribution in [0.5, 0.6) is 0 Å². The topological polar surface area (TPSA) is 21.3 Å². The fraction of sp³-hybridized carbons (Fsp3) is 0.600. The standard InChI is InChI=1S/C15H21F2NO/c1-11(12-8-13(16)10-14(17)9-12)18-6-5-15-4-2-3-7-19-15/h8-11,15,18H,2-7H2,1H3. The van der Waals surface area contributed by atoms with Crippen molar-refractivity contribution in [3.05, 3.63) is 35.4 Å². The molecule has 1 aliphatic rings. The van der Waals surface area contributed by atoms with Gasteiger partial charge in [-0.2, -0.15) is 0 Å². The highest BCUT2D eigenvalue weighted by atomic mass is 19.1. The molecule has 1 aromatic rings. The maximum Gasteiger partial charge on any atom is 0.126 e. The first-order valence-electron chi connectivity index (χ1n) is 6.96. The van der Waals surface area contributed by atoms with Crippen molar-refractivity contribution >= 4 is 0 Å². The van der Waals surface area contributed by atoms with E-state index in [9.17, 15) is 8.78 Å². The van der Waals surface area contributed by atoms with Crippen molar-refractivity contribution in [1.82, 2.24) is 5.32 Å². The average Bonchev–Trinajstić information content (AvgIpc) is 2.38. The first-order chi connectivity index (χ1) is 9.15. The SMILES string of the molecule is CC(NCCC1CCCCO1)c1cc(F)cc(F)c1. The van der Waals surface area contributed by atoms with Crippen molar-refractivity contribution in [2.24, 2.45) is 0 Å². The Balaban J connectivity index is 1.78. The highest BCUT2D eigenvalue weighted by Crippen LogP contribution is 2.18. The van der Waals surface area contributed by atoms with Crippen LogP contribution in [0.4, 0.5) is 8.78 Å². The van der Waals surface area contributed by atoms with Crippen LogP contribution in [-0.2, 0) is 4.74 Å². The zero-order chi connectivity index (χ0) is 13.7. The zero-order valence-electron chi connectivity index (χ0n) is 11.3. The summed E-state index contributed by atoms with van der Waals surface area (Å²) in [5.41, 5.74) is 0.641. The predicted octanol–water partition coefficient (Wildman–Crippen LogP) is 3.57. The Labute approximate surface area is 113 Å². The second-order valence-corrected chi connectivity index (χ2v) is 5.16. The highest BCUT2D eigenvalue weighted by Gasteiger charge is 2.14. The molecular weight excluding hydrogens is 248 g/mol. The Morgan fingerprint density at radius 2 is 2.00 bits per heavy atom. The molecule has 0 bridgehead atoms. The number of benzene rings is 1. The molecule has 0 saturated carbocycles. The predicted molar refractivity (Wildman–Crippen MR) is 71.0 cm³/mol. The van der Waals surface area contributed by atoms with Crippen LogP contribution in [0.25, 0.3) is 0 Å². The van der Waals surface area contributed by atoms with Crippen LogP contribution in [0.15, 0.2) is 18.2 Å². The van der Waals surface area contributed by atoms with Gasteiger partial charge in [-0.15, -0.1) is 0 Å². The molecule has 2 nitrogen and oxygen atoms in total. The van der Waals surface area contributed by atoms with Crippen LogP contribution in [-0.4, -0.2) is 19.3 Å². The van der Waals surface area contributed by atoms with Gasteiger partial charge in [0.1, 0.15) is 11.6 Å². The summed E-state index contributed by atoms with van der Waals surface area (Å²) in [6.45, 7) is 3.56. The Hall–Kier alpha value is -1.00. The molecule has 0 radical (unpaired) electrons. The van der Waals surface area contributed by atoms with Crippen molar-refractivity contribution in [1.29, 1.82) is 0 Å². The van der Waals surface area contributed by atoms with Gasteiger partial charge < -0.3 is 10.1 Å². The number of nitrogens with one attached hydrogen (secondary N) is 1. The molecule has 19 heavy (non-hydrogen) atoms. The lowest BCUT2D eigenvalue weighted by Crippen LogP contribution is -2.27. The van der Waals surface area contributed by atoms with Crippen LogP contribution in [0.3, 0.4) is 0 Å². The minimum absolute atomic E-state index is 0.0613. The smallest absolute Gasteiger partial charge is 0.126 e. The summed E-state index contributed by atoms with van der Waals surface area (Å²) < 4.78 is 31.9. The van der Waals surface area contributed by atoms with Crippen LogP contribution < -0.4 is 5.32 Å². The molecule has 1 heterocycles. The van der Waals surface area contributed by atoms with E-state index in [0.717, 1.165) is 38.5 Å². The molecule has 1 aromatic carbocycles. The summed E-state index contributed by atoms with van der Waals surface area (Å²) in [4.78, 5) is 0. The lowest BCUT2D eigenvalue weighted by atomic mass is 10.1. The van der Waals surface area contributed by atoms with Gasteiger partial charge >= 0.3 is 0 Å². The third-order valence-corrected chi connectivity index (χ3v) is 3.58. The lowest BCUT2D eigenvalue weighted by molar-refractivity contribution is 0.0112. The maximum atomic E-state index is 13.1. The molecule has 2 unspecified atom stereocenters. The Bertz CT molecular complexity index is 385.